The molecule has 0 saturated heterocycles. The fourth-order valence-electron chi connectivity index (χ4n) is 2.00. The van der Waals surface area contributed by atoms with Crippen LogP contribution in [0.4, 0.5) is 0 Å². The average molecular weight is 246 g/mol. The van der Waals surface area contributed by atoms with Gasteiger partial charge in [0.25, 0.3) is 5.56 Å². The number of hydrogen-bond acceptors (Lipinski definition) is 4. The Morgan fingerprint density at radius 1 is 1.39 bits per heavy atom. The minimum atomic E-state index is -0.0686. The van der Waals surface area contributed by atoms with Gasteiger partial charge in [-0.1, -0.05) is 6.92 Å². The molecule has 0 unspecified atom stereocenters. The van der Waals surface area contributed by atoms with Crippen molar-refractivity contribution in [2.75, 3.05) is 14.1 Å². The Bertz CT molecular complexity index is 591. The van der Waals surface area contributed by atoms with E-state index in [1.165, 1.54) is 0 Å². The van der Waals surface area contributed by atoms with E-state index in [0.717, 1.165) is 6.42 Å². The molecular formula is C13H18N4O. The van der Waals surface area contributed by atoms with E-state index in [1.807, 2.05) is 14.1 Å². The molecule has 0 aliphatic carbocycles. The molecule has 0 N–H and O–H groups in total. The molecule has 0 fully saturated rings. The first kappa shape index (κ1) is 12.7. The van der Waals surface area contributed by atoms with E-state index in [0.29, 0.717) is 23.6 Å². The maximum absolute atomic E-state index is 12.2. The third kappa shape index (κ3) is 2.41. The van der Waals surface area contributed by atoms with Crippen molar-refractivity contribution in [3.63, 3.8) is 0 Å². The van der Waals surface area contributed by atoms with Gasteiger partial charge in [-0.15, -0.1) is 0 Å². The molecule has 0 spiro atoms. The number of likely N-dealkylation sites (N-methyl/N-ethyl adjacent to an activating group) is 1. The van der Waals surface area contributed by atoms with Crippen molar-refractivity contribution in [1.82, 2.24) is 19.4 Å². The zero-order valence-electron chi connectivity index (χ0n) is 11.0. The number of pyridine rings is 1. The molecular weight excluding hydrogens is 228 g/mol. The molecule has 0 radical (unpaired) electrons. The molecule has 0 amide bonds. The van der Waals surface area contributed by atoms with Crippen LogP contribution in [0.3, 0.4) is 0 Å². The fourth-order valence-corrected chi connectivity index (χ4v) is 2.00. The van der Waals surface area contributed by atoms with Crippen LogP contribution in [0.15, 0.2) is 29.5 Å². The summed E-state index contributed by atoms with van der Waals surface area (Å²) in [7, 11) is 4.04. The van der Waals surface area contributed by atoms with E-state index in [4.69, 9.17) is 0 Å². The van der Waals surface area contributed by atoms with Gasteiger partial charge in [0, 0.05) is 18.8 Å². The molecule has 2 aromatic heterocycles. The Balaban J connectivity index is 2.40. The fraction of sp³-hybridized carbons (Fsp3) is 0.462. The Kier molecular flexibility index (Phi) is 3.72. The van der Waals surface area contributed by atoms with Crippen LogP contribution in [-0.4, -0.2) is 39.6 Å². The van der Waals surface area contributed by atoms with E-state index in [1.54, 1.807) is 29.2 Å². The maximum atomic E-state index is 12.2. The summed E-state index contributed by atoms with van der Waals surface area (Å²) in [6, 6.07) is 3.91. The first-order valence-corrected chi connectivity index (χ1v) is 6.10. The Labute approximate surface area is 106 Å². The van der Waals surface area contributed by atoms with Crippen molar-refractivity contribution in [1.29, 1.82) is 0 Å². The number of fused-ring (bicyclic) bond motifs is 1. The number of hydrogen-bond donors (Lipinski definition) is 0. The number of aromatic nitrogens is 3. The van der Waals surface area contributed by atoms with Gasteiger partial charge in [-0.3, -0.25) is 9.36 Å². The van der Waals surface area contributed by atoms with Crippen LogP contribution in [0.2, 0.25) is 0 Å². The molecule has 1 atom stereocenters. The summed E-state index contributed by atoms with van der Waals surface area (Å²) >= 11 is 0. The number of nitrogens with zero attached hydrogens (tertiary/aromatic N) is 4. The predicted molar refractivity (Wildman–Crippen MR) is 71.6 cm³/mol. The molecule has 0 aliphatic rings. The molecule has 2 rings (SSSR count). The highest BCUT2D eigenvalue weighted by Crippen LogP contribution is 2.04. The van der Waals surface area contributed by atoms with Gasteiger partial charge < -0.3 is 4.90 Å². The Hall–Kier alpha value is -1.75. The van der Waals surface area contributed by atoms with Gasteiger partial charge in [0.15, 0.2) is 5.52 Å². The van der Waals surface area contributed by atoms with E-state index in [2.05, 4.69) is 21.8 Å². The molecule has 2 aromatic rings. The first-order valence-electron chi connectivity index (χ1n) is 6.10. The van der Waals surface area contributed by atoms with Gasteiger partial charge in [-0.25, -0.2) is 9.97 Å². The van der Waals surface area contributed by atoms with Gasteiger partial charge in [0.1, 0.15) is 0 Å². The summed E-state index contributed by atoms with van der Waals surface area (Å²) < 4.78 is 1.64. The lowest BCUT2D eigenvalue weighted by Gasteiger charge is -2.23. The second kappa shape index (κ2) is 5.27. The van der Waals surface area contributed by atoms with Gasteiger partial charge in [-0.2, -0.15) is 0 Å². The Morgan fingerprint density at radius 2 is 2.17 bits per heavy atom. The first-order chi connectivity index (χ1) is 8.63. The molecule has 96 valence electrons. The van der Waals surface area contributed by atoms with Crippen LogP contribution >= 0.6 is 0 Å². The largest absolute Gasteiger partial charge is 0.305 e. The van der Waals surface area contributed by atoms with Gasteiger partial charge in [-0.05, 0) is 32.6 Å². The van der Waals surface area contributed by atoms with Crippen molar-refractivity contribution in [3.8, 4) is 0 Å². The van der Waals surface area contributed by atoms with Crippen LogP contribution in [0.25, 0.3) is 11.0 Å². The van der Waals surface area contributed by atoms with Crippen LogP contribution in [-0.2, 0) is 6.54 Å². The molecule has 0 bridgehead atoms. The molecule has 18 heavy (non-hydrogen) atoms. The third-order valence-corrected chi connectivity index (χ3v) is 3.20. The van der Waals surface area contributed by atoms with Crippen LogP contribution < -0.4 is 5.56 Å². The summed E-state index contributed by atoms with van der Waals surface area (Å²) in [4.78, 5) is 22.7. The van der Waals surface area contributed by atoms with Crippen molar-refractivity contribution in [2.24, 2.45) is 0 Å². The molecule has 5 nitrogen and oxygen atoms in total. The maximum Gasteiger partial charge on any atom is 0.279 e. The minimum Gasteiger partial charge on any atom is -0.305 e. The van der Waals surface area contributed by atoms with Crippen molar-refractivity contribution in [3.05, 3.63) is 35.0 Å². The van der Waals surface area contributed by atoms with Crippen molar-refractivity contribution >= 4 is 11.0 Å². The highest BCUT2D eigenvalue weighted by Gasteiger charge is 2.12. The van der Waals surface area contributed by atoms with Crippen molar-refractivity contribution in [2.45, 2.75) is 25.9 Å². The normalized spacial score (nSPS) is 13.1. The van der Waals surface area contributed by atoms with Crippen LogP contribution in [0, 0.1) is 0 Å². The Morgan fingerprint density at radius 3 is 2.83 bits per heavy atom. The summed E-state index contributed by atoms with van der Waals surface area (Å²) in [5.41, 5.74) is 1.02. The van der Waals surface area contributed by atoms with Gasteiger partial charge >= 0.3 is 0 Å². The van der Waals surface area contributed by atoms with E-state index >= 15 is 0 Å². The zero-order chi connectivity index (χ0) is 13.1. The van der Waals surface area contributed by atoms with Crippen LogP contribution in [0.5, 0.6) is 0 Å². The zero-order valence-corrected chi connectivity index (χ0v) is 11.0. The SMILES string of the molecule is CC[C@H](Cn1cnc2cccnc2c1=O)N(C)C. The summed E-state index contributed by atoms with van der Waals surface area (Å²) in [5, 5.41) is 0. The molecule has 5 heteroatoms. The highest BCUT2D eigenvalue weighted by atomic mass is 16.1. The highest BCUT2D eigenvalue weighted by molar-refractivity contribution is 5.71. The molecule has 0 saturated carbocycles. The second-order valence-electron chi connectivity index (χ2n) is 4.60. The van der Waals surface area contributed by atoms with Gasteiger partial charge in [0.2, 0.25) is 0 Å². The predicted octanol–water partition coefficient (Wildman–Crippen LogP) is 1.13. The third-order valence-electron chi connectivity index (χ3n) is 3.20. The lowest BCUT2D eigenvalue weighted by molar-refractivity contribution is 0.255. The molecule has 0 aromatic carbocycles. The van der Waals surface area contributed by atoms with Gasteiger partial charge in [0.05, 0.1) is 11.8 Å². The lowest BCUT2D eigenvalue weighted by Crippen LogP contribution is -2.35. The standard InChI is InChI=1S/C13H18N4O/c1-4-10(16(2)3)8-17-9-15-11-6-5-7-14-12(11)13(17)18/h5-7,9-10H,4,8H2,1-3H3/t10-/m1/s1. The van der Waals surface area contributed by atoms with Crippen molar-refractivity contribution < 1.29 is 0 Å². The summed E-state index contributed by atoms with van der Waals surface area (Å²) in [6.07, 6.45) is 4.22. The quantitative estimate of drug-likeness (QED) is 0.811. The van der Waals surface area contributed by atoms with E-state index in [-0.39, 0.29) is 5.56 Å². The summed E-state index contributed by atoms with van der Waals surface area (Å²) in [5.74, 6) is 0. The molecule has 2 heterocycles. The minimum absolute atomic E-state index is 0.0686. The number of rotatable bonds is 4. The van der Waals surface area contributed by atoms with E-state index in [9.17, 15) is 4.79 Å². The monoisotopic (exact) mass is 246 g/mol. The van der Waals surface area contributed by atoms with E-state index < -0.39 is 0 Å². The van der Waals surface area contributed by atoms with Crippen LogP contribution in [0.1, 0.15) is 13.3 Å². The second-order valence-corrected chi connectivity index (χ2v) is 4.60. The average Bonchev–Trinajstić information content (AvgIpc) is 2.38. The topological polar surface area (TPSA) is 51.0 Å². The smallest absolute Gasteiger partial charge is 0.279 e. The summed E-state index contributed by atoms with van der Waals surface area (Å²) in [6.45, 7) is 2.75. The lowest BCUT2D eigenvalue weighted by atomic mass is 10.2. The molecule has 0 aliphatic heterocycles.